The molecule has 1 heterocycles. The first-order valence-corrected chi connectivity index (χ1v) is 8.59. The number of para-hydroxylation sites is 1. The van der Waals surface area contributed by atoms with Crippen molar-refractivity contribution < 1.29 is 9.53 Å². The summed E-state index contributed by atoms with van der Waals surface area (Å²) in [7, 11) is 3.80. The normalized spacial score (nSPS) is 10.6. The Morgan fingerprint density at radius 1 is 1.24 bits per heavy atom. The molecule has 1 aromatic heterocycles. The fourth-order valence-electron chi connectivity index (χ4n) is 2.28. The van der Waals surface area contributed by atoms with Gasteiger partial charge in [0.15, 0.2) is 0 Å². The Labute approximate surface area is 150 Å². The van der Waals surface area contributed by atoms with Crippen molar-refractivity contribution in [2.45, 2.75) is 26.8 Å². The summed E-state index contributed by atoms with van der Waals surface area (Å²) in [6.07, 6.45) is 2.65. The van der Waals surface area contributed by atoms with Gasteiger partial charge < -0.3 is 15.0 Å². The summed E-state index contributed by atoms with van der Waals surface area (Å²) in [5, 5.41) is 2.96. The van der Waals surface area contributed by atoms with E-state index in [1.54, 1.807) is 18.3 Å². The minimum Gasteiger partial charge on any atom is -0.493 e. The Morgan fingerprint density at radius 3 is 2.72 bits per heavy atom. The average Bonchev–Trinajstić information content (AvgIpc) is 2.60. The molecule has 0 saturated heterocycles. The molecule has 0 saturated carbocycles. The number of nitrogens with one attached hydrogen (secondary N) is 1. The summed E-state index contributed by atoms with van der Waals surface area (Å²) in [5.41, 5.74) is 1.57. The first-order valence-electron chi connectivity index (χ1n) is 8.59. The van der Waals surface area contributed by atoms with E-state index < -0.39 is 0 Å². The van der Waals surface area contributed by atoms with Gasteiger partial charge in [-0.2, -0.15) is 0 Å². The number of benzene rings is 1. The third-order valence-corrected chi connectivity index (χ3v) is 3.83. The highest BCUT2D eigenvalue weighted by atomic mass is 16.5. The van der Waals surface area contributed by atoms with Crippen LogP contribution < -0.4 is 15.0 Å². The van der Waals surface area contributed by atoms with Crippen molar-refractivity contribution >= 4 is 11.7 Å². The lowest BCUT2D eigenvalue weighted by Crippen LogP contribution is -2.23. The lowest BCUT2D eigenvalue weighted by atomic mass is 10.1. The lowest BCUT2D eigenvalue weighted by Gasteiger charge is -2.14. The van der Waals surface area contributed by atoms with Crippen molar-refractivity contribution in [3.8, 4) is 5.75 Å². The highest BCUT2D eigenvalue weighted by molar-refractivity contribution is 5.94. The number of hydrogen-bond donors (Lipinski definition) is 1. The lowest BCUT2D eigenvalue weighted by molar-refractivity contribution is 0.0950. The summed E-state index contributed by atoms with van der Waals surface area (Å²) in [6.45, 7) is 5.45. The number of pyridine rings is 1. The van der Waals surface area contributed by atoms with Crippen LogP contribution in [0.3, 0.4) is 0 Å². The van der Waals surface area contributed by atoms with Gasteiger partial charge in [-0.05, 0) is 30.5 Å². The van der Waals surface area contributed by atoms with Crippen LogP contribution in [-0.4, -0.2) is 31.6 Å². The molecule has 1 amide bonds. The summed E-state index contributed by atoms with van der Waals surface area (Å²) >= 11 is 0. The highest BCUT2D eigenvalue weighted by Crippen LogP contribution is 2.19. The molecule has 0 radical (unpaired) electrons. The second-order valence-electron chi connectivity index (χ2n) is 6.62. The first kappa shape index (κ1) is 18.8. The zero-order valence-corrected chi connectivity index (χ0v) is 15.5. The van der Waals surface area contributed by atoms with Crippen molar-refractivity contribution in [3.05, 3.63) is 53.7 Å². The molecule has 0 aliphatic carbocycles. The van der Waals surface area contributed by atoms with Gasteiger partial charge in [-0.3, -0.25) is 4.79 Å². The maximum Gasteiger partial charge on any atom is 0.251 e. The number of amides is 1. The van der Waals surface area contributed by atoms with Gasteiger partial charge >= 0.3 is 0 Å². The Bertz CT molecular complexity index is 699. The quantitative estimate of drug-likeness (QED) is 0.798. The monoisotopic (exact) mass is 341 g/mol. The van der Waals surface area contributed by atoms with E-state index in [9.17, 15) is 4.79 Å². The topological polar surface area (TPSA) is 54.5 Å². The van der Waals surface area contributed by atoms with E-state index in [4.69, 9.17) is 4.74 Å². The van der Waals surface area contributed by atoms with Gasteiger partial charge in [0.2, 0.25) is 0 Å². The maximum atomic E-state index is 12.4. The van der Waals surface area contributed by atoms with Crippen molar-refractivity contribution in [3.63, 3.8) is 0 Å². The number of hydrogen-bond acceptors (Lipinski definition) is 4. The van der Waals surface area contributed by atoms with E-state index in [-0.39, 0.29) is 5.91 Å². The smallest absolute Gasteiger partial charge is 0.251 e. The van der Waals surface area contributed by atoms with Gasteiger partial charge in [0.25, 0.3) is 5.91 Å². The van der Waals surface area contributed by atoms with Crippen LogP contribution in [0.1, 0.15) is 36.2 Å². The highest BCUT2D eigenvalue weighted by Gasteiger charge is 2.10. The second kappa shape index (κ2) is 9.06. The van der Waals surface area contributed by atoms with E-state index in [0.29, 0.717) is 24.6 Å². The summed E-state index contributed by atoms with van der Waals surface area (Å²) in [6, 6.07) is 11.3. The molecule has 0 bridgehead atoms. The number of anilines is 1. The van der Waals surface area contributed by atoms with E-state index in [1.165, 1.54) is 0 Å². The molecule has 5 nitrogen and oxygen atoms in total. The van der Waals surface area contributed by atoms with Gasteiger partial charge in [0.1, 0.15) is 11.6 Å². The van der Waals surface area contributed by atoms with Crippen LogP contribution in [0.4, 0.5) is 5.82 Å². The van der Waals surface area contributed by atoms with Crippen molar-refractivity contribution in [2.24, 2.45) is 5.92 Å². The summed E-state index contributed by atoms with van der Waals surface area (Å²) in [5.74, 6) is 2.06. The van der Waals surface area contributed by atoms with E-state index >= 15 is 0 Å². The number of aromatic nitrogens is 1. The molecule has 0 atom stereocenters. The molecule has 2 aromatic rings. The summed E-state index contributed by atoms with van der Waals surface area (Å²) in [4.78, 5) is 18.5. The fourth-order valence-corrected chi connectivity index (χ4v) is 2.28. The molecular formula is C20H27N3O2. The van der Waals surface area contributed by atoms with Gasteiger partial charge in [0.05, 0.1) is 6.61 Å². The van der Waals surface area contributed by atoms with Gasteiger partial charge in [-0.15, -0.1) is 0 Å². The Morgan fingerprint density at radius 2 is 2.00 bits per heavy atom. The van der Waals surface area contributed by atoms with Crippen LogP contribution in [0.15, 0.2) is 42.6 Å². The Kier molecular flexibility index (Phi) is 6.81. The van der Waals surface area contributed by atoms with Crippen LogP contribution in [0.2, 0.25) is 0 Å². The molecular weight excluding hydrogens is 314 g/mol. The van der Waals surface area contributed by atoms with Crippen LogP contribution >= 0.6 is 0 Å². The van der Waals surface area contributed by atoms with E-state index in [1.807, 2.05) is 43.3 Å². The maximum absolute atomic E-state index is 12.4. The predicted octanol–water partition coefficient (Wildman–Crippen LogP) is 3.50. The minimum absolute atomic E-state index is 0.123. The largest absolute Gasteiger partial charge is 0.493 e. The molecule has 0 spiro atoms. The summed E-state index contributed by atoms with van der Waals surface area (Å²) < 4.78 is 5.87. The standard InChI is InChI=1S/C20H27N3O2/c1-15(2)10-12-25-18-8-6-5-7-17(18)14-22-20(24)16-9-11-21-19(13-16)23(3)4/h5-9,11,13,15H,10,12,14H2,1-4H3,(H,22,24). The predicted molar refractivity (Wildman–Crippen MR) is 101 cm³/mol. The van der Waals surface area contributed by atoms with Gasteiger partial charge in [-0.25, -0.2) is 4.98 Å². The minimum atomic E-state index is -0.123. The van der Waals surface area contributed by atoms with Crippen molar-refractivity contribution in [1.29, 1.82) is 0 Å². The van der Waals surface area contributed by atoms with Crippen molar-refractivity contribution in [1.82, 2.24) is 10.3 Å². The molecule has 25 heavy (non-hydrogen) atoms. The molecule has 1 aromatic carbocycles. The average molecular weight is 341 g/mol. The third kappa shape index (κ3) is 5.78. The van der Waals surface area contributed by atoms with Crippen LogP contribution in [0, 0.1) is 5.92 Å². The number of ether oxygens (including phenoxy) is 1. The Hall–Kier alpha value is -2.56. The molecule has 0 unspecified atom stereocenters. The molecule has 0 aliphatic rings. The molecule has 0 fully saturated rings. The molecule has 2 rings (SSSR count). The zero-order chi connectivity index (χ0) is 18.2. The third-order valence-electron chi connectivity index (χ3n) is 3.83. The van der Waals surface area contributed by atoms with Crippen LogP contribution in [-0.2, 0) is 6.54 Å². The van der Waals surface area contributed by atoms with E-state index in [2.05, 4.69) is 24.1 Å². The van der Waals surface area contributed by atoms with Crippen LogP contribution in [0.5, 0.6) is 5.75 Å². The molecule has 1 N–H and O–H groups in total. The van der Waals surface area contributed by atoms with Crippen molar-refractivity contribution in [2.75, 3.05) is 25.6 Å². The number of rotatable bonds is 8. The van der Waals surface area contributed by atoms with Gasteiger partial charge in [-0.1, -0.05) is 32.0 Å². The first-order chi connectivity index (χ1) is 12.0. The molecule has 5 heteroatoms. The number of nitrogens with zero attached hydrogens (tertiary/aromatic N) is 2. The Balaban J connectivity index is 1.99. The fraction of sp³-hybridized carbons (Fsp3) is 0.400. The SMILES string of the molecule is CC(C)CCOc1ccccc1CNC(=O)c1ccnc(N(C)C)c1. The van der Waals surface area contributed by atoms with Gasteiger partial charge in [0, 0.05) is 38.0 Å². The number of carbonyl (C=O) groups excluding carboxylic acids is 1. The molecule has 0 aliphatic heterocycles. The zero-order valence-electron chi connectivity index (χ0n) is 15.5. The second-order valence-corrected chi connectivity index (χ2v) is 6.62. The van der Waals surface area contributed by atoms with E-state index in [0.717, 1.165) is 23.6 Å². The number of carbonyl (C=O) groups is 1. The molecule has 134 valence electrons. The van der Waals surface area contributed by atoms with Crippen LogP contribution in [0.25, 0.3) is 0 Å².